The minimum Gasteiger partial charge on any atom is -0.309 e. The van der Waals surface area contributed by atoms with Gasteiger partial charge in [-0.2, -0.15) is 0 Å². The molecular formula is C34H19Cl2NS. The van der Waals surface area contributed by atoms with Crippen LogP contribution < -0.4 is 0 Å². The number of thiophene rings is 1. The molecule has 0 spiro atoms. The number of aromatic nitrogens is 1. The lowest BCUT2D eigenvalue weighted by molar-refractivity contribution is 1.20. The first kappa shape index (κ1) is 22.2. The lowest BCUT2D eigenvalue weighted by Crippen LogP contribution is -1.95. The Morgan fingerprint density at radius 1 is 0.526 bits per heavy atom. The van der Waals surface area contributed by atoms with Crippen LogP contribution in [-0.4, -0.2) is 4.57 Å². The van der Waals surface area contributed by atoms with Crippen LogP contribution in [0, 0.1) is 0 Å². The highest BCUT2D eigenvalue weighted by atomic mass is 35.5. The lowest BCUT2D eigenvalue weighted by atomic mass is 9.95. The predicted molar refractivity (Wildman–Crippen MR) is 167 cm³/mol. The fourth-order valence-corrected chi connectivity index (χ4v) is 7.65. The van der Waals surface area contributed by atoms with Gasteiger partial charge in [-0.05, 0) is 70.4 Å². The number of nitrogens with zero attached hydrogens (tertiary/aromatic N) is 1. The summed E-state index contributed by atoms with van der Waals surface area (Å²) in [6.07, 6.45) is 0. The van der Waals surface area contributed by atoms with Gasteiger partial charge < -0.3 is 4.57 Å². The van der Waals surface area contributed by atoms with Crippen molar-refractivity contribution in [2.75, 3.05) is 0 Å². The first-order valence-electron chi connectivity index (χ1n) is 12.5. The second-order valence-electron chi connectivity index (χ2n) is 9.59. The zero-order valence-electron chi connectivity index (χ0n) is 20.1. The van der Waals surface area contributed by atoms with E-state index < -0.39 is 0 Å². The Morgan fingerprint density at radius 2 is 1.24 bits per heavy atom. The van der Waals surface area contributed by atoms with Gasteiger partial charge >= 0.3 is 0 Å². The van der Waals surface area contributed by atoms with E-state index in [1.54, 1.807) is 11.3 Å². The summed E-state index contributed by atoms with van der Waals surface area (Å²) in [5.41, 5.74) is 5.75. The molecule has 0 amide bonds. The fourth-order valence-electron chi connectivity index (χ4n) is 5.98. The predicted octanol–water partition coefficient (Wildman–Crippen LogP) is 11.3. The van der Waals surface area contributed by atoms with Crippen molar-refractivity contribution in [3.05, 3.63) is 125 Å². The van der Waals surface area contributed by atoms with E-state index in [0.717, 1.165) is 26.7 Å². The molecule has 0 aliphatic heterocycles. The van der Waals surface area contributed by atoms with Crippen molar-refractivity contribution >= 4 is 87.3 Å². The van der Waals surface area contributed by atoms with Crippen molar-refractivity contribution in [3.63, 3.8) is 0 Å². The number of hydrogen-bond acceptors (Lipinski definition) is 1. The minimum atomic E-state index is 0.733. The van der Waals surface area contributed by atoms with E-state index in [9.17, 15) is 0 Å². The number of halogens is 2. The molecule has 6 aromatic carbocycles. The van der Waals surface area contributed by atoms with Crippen LogP contribution >= 0.6 is 34.5 Å². The maximum absolute atomic E-state index is 6.83. The van der Waals surface area contributed by atoms with Crippen molar-refractivity contribution in [1.29, 1.82) is 0 Å². The van der Waals surface area contributed by atoms with E-state index in [2.05, 4.69) is 95.6 Å². The Hall–Kier alpha value is -3.82. The van der Waals surface area contributed by atoms with Crippen LogP contribution in [0.25, 0.3) is 69.6 Å². The molecule has 0 atom stereocenters. The number of benzene rings is 6. The Morgan fingerprint density at radius 3 is 2.08 bits per heavy atom. The van der Waals surface area contributed by atoms with E-state index in [1.807, 2.05) is 24.3 Å². The van der Waals surface area contributed by atoms with E-state index >= 15 is 0 Å². The molecular weight excluding hydrogens is 525 g/mol. The third-order valence-corrected chi connectivity index (χ3v) is 9.18. The Labute approximate surface area is 233 Å². The monoisotopic (exact) mass is 543 g/mol. The molecule has 8 aromatic rings. The van der Waals surface area contributed by atoms with Gasteiger partial charge in [0.15, 0.2) is 0 Å². The van der Waals surface area contributed by atoms with E-state index in [-0.39, 0.29) is 0 Å². The quantitative estimate of drug-likeness (QED) is 0.204. The molecule has 8 rings (SSSR count). The molecule has 0 fully saturated rings. The van der Waals surface area contributed by atoms with Gasteiger partial charge in [-0.3, -0.25) is 0 Å². The topological polar surface area (TPSA) is 4.93 Å². The lowest BCUT2D eigenvalue weighted by Gasteiger charge is -2.13. The zero-order chi connectivity index (χ0) is 25.4. The van der Waals surface area contributed by atoms with Gasteiger partial charge in [0.1, 0.15) is 0 Å². The summed E-state index contributed by atoms with van der Waals surface area (Å²) in [5, 5.41) is 8.76. The van der Waals surface area contributed by atoms with Gasteiger partial charge in [-0.1, -0.05) is 89.9 Å². The summed E-state index contributed by atoms with van der Waals surface area (Å²) in [6, 6.07) is 40.6. The average molecular weight is 545 g/mol. The summed E-state index contributed by atoms with van der Waals surface area (Å²) < 4.78 is 4.85. The van der Waals surface area contributed by atoms with Crippen LogP contribution in [0.1, 0.15) is 0 Å². The highest BCUT2D eigenvalue weighted by Crippen LogP contribution is 2.45. The van der Waals surface area contributed by atoms with Gasteiger partial charge in [0.2, 0.25) is 0 Å². The molecule has 0 bridgehead atoms. The second kappa shape index (κ2) is 8.34. The van der Waals surface area contributed by atoms with Gasteiger partial charge in [-0.25, -0.2) is 0 Å². The second-order valence-corrected chi connectivity index (χ2v) is 11.5. The summed E-state index contributed by atoms with van der Waals surface area (Å²) in [4.78, 5) is 0. The maximum Gasteiger partial charge on any atom is 0.0555 e. The fraction of sp³-hybridized carbons (Fsp3) is 0. The highest BCUT2D eigenvalue weighted by Gasteiger charge is 2.20. The van der Waals surface area contributed by atoms with Crippen molar-refractivity contribution < 1.29 is 0 Å². The van der Waals surface area contributed by atoms with Crippen LogP contribution in [0.5, 0.6) is 0 Å². The molecule has 38 heavy (non-hydrogen) atoms. The summed E-state index contributed by atoms with van der Waals surface area (Å²) in [6.45, 7) is 0. The van der Waals surface area contributed by atoms with Crippen molar-refractivity contribution in [2.24, 2.45) is 0 Å². The Bertz CT molecular complexity index is 2220. The maximum atomic E-state index is 6.83. The van der Waals surface area contributed by atoms with Crippen molar-refractivity contribution in [2.45, 2.75) is 0 Å². The Kier molecular flexibility index (Phi) is 4.87. The first-order chi connectivity index (χ1) is 18.7. The summed E-state index contributed by atoms with van der Waals surface area (Å²) >= 11 is 15.1. The van der Waals surface area contributed by atoms with E-state index in [0.29, 0.717) is 0 Å². The Balaban J connectivity index is 1.61. The first-order valence-corrected chi connectivity index (χ1v) is 14.1. The van der Waals surface area contributed by atoms with Gasteiger partial charge in [-0.15, -0.1) is 11.3 Å². The number of rotatable bonds is 2. The molecule has 0 radical (unpaired) electrons. The number of fused-ring (bicyclic) bond motifs is 8. The van der Waals surface area contributed by atoms with Gasteiger partial charge in [0, 0.05) is 41.0 Å². The normalized spacial score (nSPS) is 11.9. The molecule has 2 heterocycles. The van der Waals surface area contributed by atoms with Crippen LogP contribution in [-0.2, 0) is 0 Å². The molecule has 180 valence electrons. The molecule has 0 saturated carbocycles. The van der Waals surface area contributed by atoms with Gasteiger partial charge in [0.25, 0.3) is 0 Å². The number of hydrogen-bond donors (Lipinski definition) is 0. The standard InChI is InChI=1S/C34H19Cl2NS/c35-21-9-5-8-20(18-21)25-19-29-32(23-11-2-1-10-22(23)25)24-12-3-4-14-27(24)37(29)28-15-7-17-31-34(28)33-26(36)13-6-16-30(33)38-31/h1-19H. The molecule has 0 aliphatic rings. The summed E-state index contributed by atoms with van der Waals surface area (Å²) in [5.74, 6) is 0. The molecule has 1 nitrogen and oxygen atoms in total. The molecule has 0 N–H and O–H groups in total. The smallest absolute Gasteiger partial charge is 0.0555 e. The van der Waals surface area contributed by atoms with E-state index in [4.69, 9.17) is 23.2 Å². The van der Waals surface area contributed by atoms with Crippen LogP contribution in [0.4, 0.5) is 0 Å². The highest BCUT2D eigenvalue weighted by molar-refractivity contribution is 7.26. The molecule has 4 heteroatoms. The van der Waals surface area contributed by atoms with Crippen molar-refractivity contribution in [3.8, 4) is 16.8 Å². The van der Waals surface area contributed by atoms with Crippen LogP contribution in [0.2, 0.25) is 10.0 Å². The molecule has 0 aliphatic carbocycles. The average Bonchev–Trinajstić information content (AvgIpc) is 3.49. The van der Waals surface area contributed by atoms with Crippen LogP contribution in [0.15, 0.2) is 115 Å². The zero-order valence-corrected chi connectivity index (χ0v) is 22.4. The SMILES string of the molecule is Clc1cccc(-c2cc3c(c4ccccc24)c2ccccc2n3-c2cccc3sc4cccc(Cl)c4c23)c1. The largest absolute Gasteiger partial charge is 0.309 e. The number of para-hydroxylation sites is 1. The van der Waals surface area contributed by atoms with Gasteiger partial charge in [0.05, 0.1) is 16.7 Å². The third-order valence-electron chi connectivity index (χ3n) is 7.51. The molecule has 2 aromatic heterocycles. The van der Waals surface area contributed by atoms with Crippen molar-refractivity contribution in [1.82, 2.24) is 4.57 Å². The summed E-state index contributed by atoms with van der Waals surface area (Å²) in [7, 11) is 0. The van der Waals surface area contributed by atoms with E-state index in [1.165, 1.54) is 52.9 Å². The molecule has 0 saturated heterocycles. The minimum absolute atomic E-state index is 0.733. The van der Waals surface area contributed by atoms with Crippen LogP contribution in [0.3, 0.4) is 0 Å². The third kappa shape index (κ3) is 3.12. The molecule has 0 unspecified atom stereocenters.